The fraction of sp³-hybridized carbons (Fsp3) is 0.458. The molecule has 1 atom stereocenters. The summed E-state index contributed by atoms with van der Waals surface area (Å²) in [6, 6.07) is 17.1. The predicted molar refractivity (Wildman–Crippen MR) is 111 cm³/mol. The Morgan fingerprint density at radius 3 is 2.54 bits per heavy atom. The van der Waals surface area contributed by atoms with Crippen molar-refractivity contribution in [1.29, 1.82) is 0 Å². The lowest BCUT2D eigenvalue weighted by atomic mass is 9.80. The Bertz CT molecular complexity index is 833. The van der Waals surface area contributed by atoms with Crippen LogP contribution in [0.1, 0.15) is 42.9 Å². The third-order valence-electron chi connectivity index (χ3n) is 6.45. The van der Waals surface area contributed by atoms with E-state index in [1.54, 1.807) is 14.0 Å². The van der Waals surface area contributed by atoms with Gasteiger partial charge < -0.3 is 9.64 Å². The number of piperidine rings is 1. The Balaban J connectivity index is 1.67. The monoisotopic (exact) mass is 378 g/mol. The van der Waals surface area contributed by atoms with Crippen molar-refractivity contribution in [2.24, 2.45) is 0 Å². The highest BCUT2D eigenvalue weighted by Gasteiger charge is 2.42. The van der Waals surface area contributed by atoms with Gasteiger partial charge in [-0.1, -0.05) is 42.8 Å². The van der Waals surface area contributed by atoms with E-state index in [0.717, 1.165) is 44.8 Å². The summed E-state index contributed by atoms with van der Waals surface area (Å²) in [4.78, 5) is 17.1. The van der Waals surface area contributed by atoms with Crippen molar-refractivity contribution in [1.82, 2.24) is 9.80 Å². The molecule has 2 aliphatic rings. The van der Waals surface area contributed by atoms with Crippen LogP contribution in [0, 0.1) is 0 Å². The molecule has 1 saturated heterocycles. The molecule has 0 N–H and O–H groups in total. The minimum atomic E-state index is 0.0104. The molecule has 4 rings (SSSR count). The molecular formula is C24H30N2O2. The zero-order valence-corrected chi connectivity index (χ0v) is 17.0. The quantitative estimate of drug-likeness (QED) is 0.809. The van der Waals surface area contributed by atoms with Crippen molar-refractivity contribution in [2.45, 2.75) is 51.2 Å². The molecule has 0 aromatic heterocycles. The number of carbonyl (C=O) groups is 1. The summed E-state index contributed by atoms with van der Waals surface area (Å²) >= 11 is 0. The maximum absolute atomic E-state index is 12.4. The molecule has 1 amide bonds. The lowest BCUT2D eigenvalue weighted by molar-refractivity contribution is -0.132. The van der Waals surface area contributed by atoms with Gasteiger partial charge in [0.05, 0.1) is 7.11 Å². The molecular weight excluding hydrogens is 348 g/mol. The van der Waals surface area contributed by atoms with Crippen LogP contribution in [-0.4, -0.2) is 41.4 Å². The normalized spacial score (nSPS) is 22.6. The summed E-state index contributed by atoms with van der Waals surface area (Å²) in [6.07, 6.45) is 4.61. The van der Waals surface area contributed by atoms with Crippen molar-refractivity contribution in [3.8, 4) is 5.75 Å². The lowest BCUT2D eigenvalue weighted by Crippen LogP contribution is -2.58. The first-order valence-electron chi connectivity index (χ1n) is 10.3. The summed E-state index contributed by atoms with van der Waals surface area (Å²) in [5.41, 5.74) is 4.00. The minimum absolute atomic E-state index is 0.0104. The molecule has 0 radical (unpaired) electrons. The first-order valence-corrected chi connectivity index (χ1v) is 10.3. The Morgan fingerprint density at radius 1 is 1.07 bits per heavy atom. The van der Waals surface area contributed by atoms with Gasteiger partial charge in [0.15, 0.2) is 0 Å². The molecule has 2 aromatic carbocycles. The van der Waals surface area contributed by atoms with Gasteiger partial charge >= 0.3 is 0 Å². The number of hydrogen-bond donors (Lipinski definition) is 0. The van der Waals surface area contributed by atoms with E-state index in [4.69, 9.17) is 4.74 Å². The second-order valence-corrected chi connectivity index (χ2v) is 8.27. The number of benzene rings is 2. The molecule has 0 saturated carbocycles. The average molecular weight is 379 g/mol. The van der Waals surface area contributed by atoms with Crippen LogP contribution in [0.4, 0.5) is 0 Å². The summed E-state index contributed by atoms with van der Waals surface area (Å²) in [5, 5.41) is 0. The zero-order chi connectivity index (χ0) is 19.6. The van der Waals surface area contributed by atoms with Crippen molar-refractivity contribution < 1.29 is 9.53 Å². The van der Waals surface area contributed by atoms with Crippen LogP contribution in [0.15, 0.2) is 48.5 Å². The van der Waals surface area contributed by atoms with Crippen molar-refractivity contribution in [2.75, 3.05) is 20.2 Å². The molecule has 148 valence electrons. The van der Waals surface area contributed by atoms with Crippen LogP contribution in [-0.2, 0) is 24.3 Å². The van der Waals surface area contributed by atoms with E-state index in [9.17, 15) is 4.79 Å². The van der Waals surface area contributed by atoms with E-state index in [-0.39, 0.29) is 11.4 Å². The summed E-state index contributed by atoms with van der Waals surface area (Å²) in [6.45, 7) is 5.24. The number of ether oxygens (including phenoxy) is 1. The van der Waals surface area contributed by atoms with E-state index in [2.05, 4.69) is 46.2 Å². The molecule has 0 aliphatic carbocycles. The fourth-order valence-electron chi connectivity index (χ4n) is 4.86. The number of fused-ring (bicyclic) bond motifs is 1. The molecule has 0 bridgehead atoms. The van der Waals surface area contributed by atoms with Gasteiger partial charge in [-0.2, -0.15) is 0 Å². The Morgan fingerprint density at radius 2 is 1.82 bits per heavy atom. The van der Waals surface area contributed by atoms with Crippen molar-refractivity contribution >= 4 is 5.91 Å². The number of likely N-dealkylation sites (tertiary alicyclic amines) is 1. The fourth-order valence-corrected chi connectivity index (χ4v) is 4.86. The Hall–Kier alpha value is -2.33. The van der Waals surface area contributed by atoms with Crippen LogP contribution in [0.3, 0.4) is 0 Å². The maximum atomic E-state index is 12.4. The van der Waals surface area contributed by atoms with Crippen LogP contribution in [0.2, 0.25) is 0 Å². The standard InChI is InChI=1S/C24H30N2O2/c1-19(27)25-17-22-8-4-3-7-21(22)15-24(18-25)13-5-6-14-26(24)16-20-9-11-23(28-2)12-10-20/h3-4,7-12H,5-6,13-18H2,1-2H3. The first kappa shape index (κ1) is 19.0. The molecule has 1 spiro atoms. The van der Waals surface area contributed by atoms with Gasteiger partial charge in [0.2, 0.25) is 5.91 Å². The van der Waals surface area contributed by atoms with Crippen molar-refractivity contribution in [3.05, 3.63) is 65.2 Å². The second-order valence-electron chi connectivity index (χ2n) is 8.27. The SMILES string of the molecule is COc1ccc(CN2CCCCC23Cc2ccccc2CN(C(C)=O)C3)cc1. The Kier molecular flexibility index (Phi) is 5.40. The molecule has 4 heteroatoms. The van der Waals surface area contributed by atoms with Gasteiger partial charge in [0, 0.05) is 32.1 Å². The molecule has 1 fully saturated rings. The van der Waals surface area contributed by atoms with Gasteiger partial charge in [0.25, 0.3) is 0 Å². The highest BCUT2D eigenvalue weighted by Crippen LogP contribution is 2.37. The highest BCUT2D eigenvalue weighted by molar-refractivity contribution is 5.73. The molecule has 2 heterocycles. The van der Waals surface area contributed by atoms with Crippen LogP contribution >= 0.6 is 0 Å². The van der Waals surface area contributed by atoms with Gasteiger partial charge in [-0.25, -0.2) is 0 Å². The van der Waals surface area contributed by atoms with E-state index >= 15 is 0 Å². The Labute approximate surface area is 168 Å². The van der Waals surface area contributed by atoms with Gasteiger partial charge in [-0.05, 0) is 54.6 Å². The number of amides is 1. The van der Waals surface area contributed by atoms with Crippen molar-refractivity contribution in [3.63, 3.8) is 0 Å². The lowest BCUT2D eigenvalue weighted by Gasteiger charge is -2.48. The summed E-state index contributed by atoms with van der Waals surface area (Å²) in [7, 11) is 1.70. The molecule has 2 aromatic rings. The van der Waals surface area contributed by atoms with E-state index in [1.807, 2.05) is 12.1 Å². The largest absolute Gasteiger partial charge is 0.497 e. The number of methoxy groups -OCH3 is 1. The van der Waals surface area contributed by atoms with Crippen LogP contribution < -0.4 is 4.74 Å². The third kappa shape index (κ3) is 3.79. The summed E-state index contributed by atoms with van der Waals surface area (Å²) in [5.74, 6) is 1.06. The first-order chi connectivity index (χ1) is 13.6. The van der Waals surface area contributed by atoms with Crippen LogP contribution in [0.5, 0.6) is 5.75 Å². The van der Waals surface area contributed by atoms with Crippen LogP contribution in [0.25, 0.3) is 0 Å². The third-order valence-corrected chi connectivity index (χ3v) is 6.45. The molecule has 4 nitrogen and oxygen atoms in total. The molecule has 2 aliphatic heterocycles. The number of hydrogen-bond acceptors (Lipinski definition) is 3. The van der Waals surface area contributed by atoms with E-state index in [0.29, 0.717) is 0 Å². The average Bonchev–Trinajstić information content (AvgIpc) is 2.87. The van der Waals surface area contributed by atoms with E-state index in [1.165, 1.54) is 29.5 Å². The van der Waals surface area contributed by atoms with E-state index < -0.39 is 0 Å². The topological polar surface area (TPSA) is 32.8 Å². The molecule has 1 unspecified atom stereocenters. The predicted octanol–water partition coefficient (Wildman–Crippen LogP) is 4.02. The zero-order valence-electron chi connectivity index (χ0n) is 17.0. The minimum Gasteiger partial charge on any atom is -0.497 e. The van der Waals surface area contributed by atoms with Gasteiger partial charge in [-0.15, -0.1) is 0 Å². The van der Waals surface area contributed by atoms with Gasteiger partial charge in [0.1, 0.15) is 5.75 Å². The second kappa shape index (κ2) is 7.96. The number of nitrogens with zero attached hydrogens (tertiary/aromatic N) is 2. The summed E-state index contributed by atoms with van der Waals surface area (Å²) < 4.78 is 5.31. The smallest absolute Gasteiger partial charge is 0.219 e. The highest BCUT2D eigenvalue weighted by atomic mass is 16.5. The van der Waals surface area contributed by atoms with Gasteiger partial charge in [-0.3, -0.25) is 9.69 Å². The number of carbonyl (C=O) groups excluding carboxylic acids is 1. The maximum Gasteiger partial charge on any atom is 0.219 e. The number of rotatable bonds is 3. The molecule has 28 heavy (non-hydrogen) atoms.